The van der Waals surface area contributed by atoms with Gasteiger partial charge in [-0.25, -0.2) is 8.42 Å². The number of benzene rings is 2. The third kappa shape index (κ3) is 7.73. The molecule has 2 aromatic rings. The van der Waals surface area contributed by atoms with Crippen molar-refractivity contribution in [3.8, 4) is 0 Å². The number of anilines is 1. The van der Waals surface area contributed by atoms with Crippen LogP contribution in [0.4, 0.5) is 5.69 Å². The number of amides is 2. The van der Waals surface area contributed by atoms with E-state index in [-0.39, 0.29) is 23.9 Å². The van der Waals surface area contributed by atoms with Gasteiger partial charge >= 0.3 is 0 Å². The molecule has 1 fully saturated rings. The molecular weight excluding hydrogens is 522 g/mol. The van der Waals surface area contributed by atoms with E-state index in [9.17, 15) is 18.0 Å². The van der Waals surface area contributed by atoms with Crippen molar-refractivity contribution in [3.63, 3.8) is 0 Å². The Bertz CT molecular complexity index is 1220. The van der Waals surface area contributed by atoms with Gasteiger partial charge < -0.3 is 10.2 Å². The van der Waals surface area contributed by atoms with E-state index in [0.717, 1.165) is 41.8 Å². The molecule has 2 amide bonds. The summed E-state index contributed by atoms with van der Waals surface area (Å²) < 4.78 is 26.8. The minimum Gasteiger partial charge on any atom is -0.352 e. The number of nitrogens with one attached hydrogen (secondary N) is 1. The zero-order valence-corrected chi connectivity index (χ0v) is 24.6. The number of hydrogen-bond acceptors (Lipinski definition) is 4. The summed E-state index contributed by atoms with van der Waals surface area (Å²) in [6.45, 7) is 7.75. The maximum Gasteiger partial charge on any atom is 0.244 e. The lowest BCUT2D eigenvalue weighted by Crippen LogP contribution is -2.53. The second-order valence-corrected chi connectivity index (χ2v) is 13.4. The molecule has 9 heteroatoms. The van der Waals surface area contributed by atoms with E-state index in [4.69, 9.17) is 11.6 Å². The SMILES string of the molecule is CC[C@@H](C(=O)NC1CCCC1)N(Cc1ccccc1Cl)C(=O)CN(c1ccc(C(C)(C)C)cc1)S(C)(=O)=O. The van der Waals surface area contributed by atoms with E-state index in [1.807, 2.05) is 31.2 Å². The van der Waals surface area contributed by atoms with Crippen molar-refractivity contribution in [3.05, 3.63) is 64.7 Å². The zero-order chi connectivity index (χ0) is 28.1. The molecule has 0 saturated heterocycles. The van der Waals surface area contributed by atoms with E-state index < -0.39 is 28.5 Å². The predicted octanol–water partition coefficient (Wildman–Crippen LogP) is 5.27. The number of nitrogens with zero attached hydrogens (tertiary/aromatic N) is 2. The van der Waals surface area contributed by atoms with Gasteiger partial charge in [0, 0.05) is 17.6 Å². The smallest absolute Gasteiger partial charge is 0.244 e. The highest BCUT2D eigenvalue weighted by molar-refractivity contribution is 7.92. The molecule has 1 N–H and O–H groups in total. The average Bonchev–Trinajstić information content (AvgIpc) is 3.35. The number of carbonyl (C=O) groups excluding carboxylic acids is 2. The summed E-state index contributed by atoms with van der Waals surface area (Å²) in [6, 6.07) is 13.7. The Morgan fingerprint density at radius 2 is 1.66 bits per heavy atom. The summed E-state index contributed by atoms with van der Waals surface area (Å²) in [5, 5.41) is 3.58. The summed E-state index contributed by atoms with van der Waals surface area (Å²) in [5.41, 5.74) is 2.04. The molecule has 1 aliphatic carbocycles. The van der Waals surface area contributed by atoms with Crippen molar-refractivity contribution >= 4 is 39.1 Å². The quantitative estimate of drug-likeness (QED) is 0.428. The predicted molar refractivity (Wildman–Crippen MR) is 154 cm³/mol. The molecule has 0 aromatic heterocycles. The maximum absolute atomic E-state index is 13.9. The van der Waals surface area contributed by atoms with Crippen LogP contribution in [-0.2, 0) is 31.6 Å². The first-order valence-corrected chi connectivity index (χ1v) is 15.5. The fourth-order valence-corrected chi connectivity index (χ4v) is 5.88. The molecule has 0 aliphatic heterocycles. The first kappa shape index (κ1) is 30.0. The van der Waals surface area contributed by atoms with Crippen molar-refractivity contribution in [2.24, 2.45) is 0 Å². The number of sulfonamides is 1. The van der Waals surface area contributed by atoms with Crippen molar-refractivity contribution in [2.45, 2.75) is 83.8 Å². The Balaban J connectivity index is 1.93. The lowest BCUT2D eigenvalue weighted by atomic mass is 9.87. The van der Waals surface area contributed by atoms with Crippen LogP contribution in [0, 0.1) is 0 Å². The van der Waals surface area contributed by atoms with Crippen LogP contribution < -0.4 is 9.62 Å². The lowest BCUT2D eigenvalue weighted by molar-refractivity contribution is -0.140. The molecule has 2 aromatic carbocycles. The highest BCUT2D eigenvalue weighted by Crippen LogP contribution is 2.27. The molecule has 3 rings (SSSR count). The number of halogens is 1. The van der Waals surface area contributed by atoms with E-state index in [1.54, 1.807) is 24.3 Å². The molecule has 0 spiro atoms. The molecule has 38 heavy (non-hydrogen) atoms. The van der Waals surface area contributed by atoms with Gasteiger partial charge in [-0.05, 0) is 54.0 Å². The topological polar surface area (TPSA) is 86.8 Å². The largest absolute Gasteiger partial charge is 0.352 e. The van der Waals surface area contributed by atoms with Gasteiger partial charge in [-0.2, -0.15) is 0 Å². The van der Waals surface area contributed by atoms with E-state index in [2.05, 4.69) is 26.1 Å². The normalized spacial score (nSPS) is 15.2. The van der Waals surface area contributed by atoms with Gasteiger partial charge in [-0.15, -0.1) is 0 Å². The molecule has 1 atom stereocenters. The minimum absolute atomic E-state index is 0.0929. The second kappa shape index (κ2) is 12.5. The highest BCUT2D eigenvalue weighted by Gasteiger charge is 2.33. The number of carbonyl (C=O) groups is 2. The Kier molecular flexibility index (Phi) is 9.87. The van der Waals surface area contributed by atoms with Crippen molar-refractivity contribution in [1.82, 2.24) is 10.2 Å². The lowest BCUT2D eigenvalue weighted by Gasteiger charge is -2.33. The van der Waals surface area contributed by atoms with E-state index in [1.165, 1.54) is 4.90 Å². The fraction of sp³-hybridized carbons (Fsp3) is 0.517. The Labute approximate surface area is 232 Å². The minimum atomic E-state index is -3.79. The zero-order valence-electron chi connectivity index (χ0n) is 23.0. The van der Waals surface area contributed by atoms with Crippen LogP contribution in [0.15, 0.2) is 48.5 Å². The summed E-state index contributed by atoms with van der Waals surface area (Å²) in [6.07, 6.45) is 5.46. The Morgan fingerprint density at radius 3 is 2.18 bits per heavy atom. The van der Waals surface area contributed by atoms with Crippen LogP contribution in [0.3, 0.4) is 0 Å². The van der Waals surface area contributed by atoms with Gasteiger partial charge in [0.25, 0.3) is 0 Å². The monoisotopic (exact) mass is 561 g/mol. The summed E-state index contributed by atoms with van der Waals surface area (Å²) in [7, 11) is -3.79. The molecule has 7 nitrogen and oxygen atoms in total. The van der Waals surface area contributed by atoms with Crippen LogP contribution in [0.1, 0.15) is 70.9 Å². The van der Waals surface area contributed by atoms with Crippen LogP contribution in [0.2, 0.25) is 5.02 Å². The third-order valence-corrected chi connectivity index (χ3v) is 8.60. The van der Waals surface area contributed by atoms with Crippen LogP contribution in [-0.4, -0.2) is 50.0 Å². The van der Waals surface area contributed by atoms with Gasteiger partial charge in [0.05, 0.1) is 11.9 Å². The molecular formula is C29H40ClN3O4S. The molecule has 0 radical (unpaired) electrons. The van der Waals surface area contributed by atoms with Crippen LogP contribution in [0.25, 0.3) is 0 Å². The fourth-order valence-electron chi connectivity index (χ4n) is 4.84. The van der Waals surface area contributed by atoms with E-state index in [0.29, 0.717) is 22.7 Å². The van der Waals surface area contributed by atoms with Gasteiger partial charge in [0.1, 0.15) is 12.6 Å². The van der Waals surface area contributed by atoms with Crippen molar-refractivity contribution in [2.75, 3.05) is 17.1 Å². The third-order valence-electron chi connectivity index (χ3n) is 7.09. The molecule has 1 aliphatic rings. The first-order chi connectivity index (χ1) is 17.8. The van der Waals surface area contributed by atoms with Crippen LogP contribution >= 0.6 is 11.6 Å². The standard InChI is InChI=1S/C29H40ClN3O4S/c1-6-26(28(35)31-23-12-8-9-13-23)32(19-21-11-7-10-14-25(21)30)27(34)20-33(38(5,36)37)24-17-15-22(16-18-24)29(2,3)4/h7,10-11,14-18,23,26H,6,8-9,12-13,19-20H2,1-5H3,(H,31,35)/t26-/m0/s1. The summed E-state index contributed by atoms with van der Waals surface area (Å²) in [5.74, 6) is -0.691. The second-order valence-electron chi connectivity index (χ2n) is 11.1. The number of rotatable bonds is 10. The van der Waals surface area contributed by atoms with E-state index >= 15 is 0 Å². The highest BCUT2D eigenvalue weighted by atomic mass is 35.5. The first-order valence-electron chi connectivity index (χ1n) is 13.2. The Morgan fingerprint density at radius 1 is 1.05 bits per heavy atom. The van der Waals surface area contributed by atoms with Crippen molar-refractivity contribution < 1.29 is 18.0 Å². The Hall–Kier alpha value is -2.58. The van der Waals surface area contributed by atoms with Gasteiger partial charge in [-0.3, -0.25) is 13.9 Å². The average molecular weight is 562 g/mol. The number of hydrogen-bond donors (Lipinski definition) is 1. The molecule has 1 saturated carbocycles. The molecule has 208 valence electrons. The van der Waals surface area contributed by atoms with Gasteiger partial charge in [0.15, 0.2) is 0 Å². The van der Waals surface area contributed by atoms with Crippen molar-refractivity contribution in [1.29, 1.82) is 0 Å². The molecule has 0 heterocycles. The van der Waals surface area contributed by atoms with Gasteiger partial charge in [-0.1, -0.05) is 82.5 Å². The van der Waals surface area contributed by atoms with Crippen LogP contribution in [0.5, 0.6) is 0 Å². The molecule has 0 bridgehead atoms. The summed E-state index contributed by atoms with van der Waals surface area (Å²) in [4.78, 5) is 28.7. The summed E-state index contributed by atoms with van der Waals surface area (Å²) >= 11 is 6.42. The molecule has 0 unspecified atom stereocenters. The maximum atomic E-state index is 13.9. The van der Waals surface area contributed by atoms with Gasteiger partial charge in [0.2, 0.25) is 21.8 Å².